The van der Waals surface area contributed by atoms with Crippen molar-refractivity contribution in [2.75, 3.05) is 7.11 Å². The highest BCUT2D eigenvalue weighted by molar-refractivity contribution is 4.83. The van der Waals surface area contributed by atoms with Gasteiger partial charge in [-0.15, -0.1) is 0 Å². The summed E-state index contributed by atoms with van der Waals surface area (Å²) in [6.07, 6.45) is 4.38. The summed E-state index contributed by atoms with van der Waals surface area (Å²) in [5, 5.41) is 16.4. The van der Waals surface area contributed by atoms with Gasteiger partial charge in [0.2, 0.25) is 0 Å². The van der Waals surface area contributed by atoms with Crippen LogP contribution in [0.3, 0.4) is 0 Å². The molecule has 1 fully saturated rings. The van der Waals surface area contributed by atoms with Crippen molar-refractivity contribution in [1.82, 2.24) is 5.17 Å². The fraction of sp³-hybridized carbons (Fsp3) is 1.00. The second kappa shape index (κ2) is 2.90. The van der Waals surface area contributed by atoms with E-state index in [2.05, 4.69) is 5.11 Å². The van der Waals surface area contributed by atoms with E-state index in [-0.39, 0.29) is 12.1 Å². The number of nitrogens with zero attached hydrogens (tertiary/aromatic N) is 3. The van der Waals surface area contributed by atoms with E-state index in [0.29, 0.717) is 4.97 Å². The van der Waals surface area contributed by atoms with Gasteiger partial charge in [-0.1, -0.05) is 12.8 Å². The molecule has 0 aromatic heterocycles. The normalized spacial score (nSPS) is 34.8. The Bertz CT molecular complexity index is 207. The van der Waals surface area contributed by atoms with Crippen molar-refractivity contribution in [3.8, 4) is 0 Å². The van der Waals surface area contributed by atoms with Gasteiger partial charge < -0.3 is 5.21 Å². The monoisotopic (exact) mass is 171 g/mol. The molecular weight excluding hydrogens is 158 g/mol. The molecule has 0 saturated heterocycles. The predicted octanol–water partition coefficient (Wildman–Crippen LogP) is 1.05. The van der Waals surface area contributed by atoms with E-state index in [4.69, 9.17) is 4.84 Å². The molecule has 0 aromatic carbocycles. The molecule has 1 aliphatic heterocycles. The maximum Gasteiger partial charge on any atom is 0.146 e. The van der Waals surface area contributed by atoms with Crippen LogP contribution in [0, 0.1) is 5.21 Å². The van der Waals surface area contributed by atoms with Crippen LogP contribution in [0.15, 0.2) is 5.11 Å². The zero-order valence-electron chi connectivity index (χ0n) is 7.14. The Balaban J connectivity index is 2.12. The van der Waals surface area contributed by atoms with Gasteiger partial charge in [0.15, 0.2) is 0 Å². The minimum Gasteiger partial charge on any atom is -0.570 e. The van der Waals surface area contributed by atoms with E-state index < -0.39 is 0 Å². The standard InChI is InChI=1S/C7H13N3O2/c1-12-9-7-5-3-2-4-6(7)8-10(9)11/h6-7H,2-5H2,1H3/t6-,7+/m1/s1. The molecule has 2 rings (SSSR count). The second-order valence-corrected chi connectivity index (χ2v) is 3.27. The number of hydrogen-bond acceptors (Lipinski definition) is 4. The quantitative estimate of drug-likeness (QED) is 0.437. The van der Waals surface area contributed by atoms with Crippen LogP contribution >= 0.6 is 0 Å². The highest BCUT2D eigenvalue weighted by Gasteiger charge is 2.43. The highest BCUT2D eigenvalue weighted by Crippen LogP contribution is 2.29. The second-order valence-electron chi connectivity index (χ2n) is 3.27. The summed E-state index contributed by atoms with van der Waals surface area (Å²) >= 11 is 0. The zero-order chi connectivity index (χ0) is 8.55. The average Bonchev–Trinajstić information content (AvgIpc) is 2.40. The van der Waals surface area contributed by atoms with Crippen LogP contribution in [0.25, 0.3) is 0 Å². The SMILES string of the molecule is CON1[C@H]2CCCC[C@H]2N=[N+]1[O-]. The van der Waals surface area contributed by atoms with Gasteiger partial charge in [-0.3, -0.25) is 0 Å². The molecule has 2 aliphatic rings. The molecule has 5 heteroatoms. The molecule has 0 amide bonds. The summed E-state index contributed by atoms with van der Waals surface area (Å²) in [5.41, 5.74) is 0. The Labute approximate surface area is 71.1 Å². The summed E-state index contributed by atoms with van der Waals surface area (Å²) in [6.45, 7) is 0. The lowest BCUT2D eigenvalue weighted by Gasteiger charge is -2.23. The predicted molar refractivity (Wildman–Crippen MR) is 40.9 cm³/mol. The number of hydroxylamine groups is 1. The Morgan fingerprint density at radius 1 is 1.50 bits per heavy atom. The third-order valence-corrected chi connectivity index (χ3v) is 2.58. The minimum atomic E-state index is 0.163. The average molecular weight is 171 g/mol. The van der Waals surface area contributed by atoms with Gasteiger partial charge in [0, 0.05) is 5.11 Å². The van der Waals surface area contributed by atoms with Crippen LogP contribution in [0.4, 0.5) is 0 Å². The molecule has 0 unspecified atom stereocenters. The van der Waals surface area contributed by atoms with Crippen molar-refractivity contribution >= 4 is 0 Å². The Kier molecular flexibility index (Phi) is 1.88. The van der Waals surface area contributed by atoms with Crippen molar-refractivity contribution in [3.05, 3.63) is 5.21 Å². The summed E-state index contributed by atoms with van der Waals surface area (Å²) in [4.78, 5) is 5.53. The minimum absolute atomic E-state index is 0.163. The topological polar surface area (TPSA) is 50.9 Å². The van der Waals surface area contributed by atoms with Gasteiger partial charge in [0.05, 0.1) is 12.1 Å². The van der Waals surface area contributed by atoms with Gasteiger partial charge in [0.25, 0.3) is 0 Å². The summed E-state index contributed by atoms with van der Waals surface area (Å²) in [7, 11) is 1.51. The van der Waals surface area contributed by atoms with Crippen LogP contribution in [-0.4, -0.2) is 29.3 Å². The first-order valence-electron chi connectivity index (χ1n) is 4.34. The fourth-order valence-corrected chi connectivity index (χ4v) is 1.99. The summed E-state index contributed by atoms with van der Waals surface area (Å²) < 4.78 is 0. The Morgan fingerprint density at radius 2 is 2.25 bits per heavy atom. The number of hydrazine groups is 1. The smallest absolute Gasteiger partial charge is 0.146 e. The first kappa shape index (κ1) is 7.79. The van der Waals surface area contributed by atoms with Gasteiger partial charge in [-0.2, -0.15) is 0 Å². The van der Waals surface area contributed by atoms with Gasteiger partial charge >= 0.3 is 0 Å². The summed E-state index contributed by atoms with van der Waals surface area (Å²) in [5.74, 6) is 0. The van der Waals surface area contributed by atoms with E-state index >= 15 is 0 Å². The van der Waals surface area contributed by atoms with Crippen LogP contribution in [0.1, 0.15) is 25.7 Å². The third-order valence-electron chi connectivity index (χ3n) is 2.58. The van der Waals surface area contributed by atoms with E-state index in [0.717, 1.165) is 12.8 Å². The zero-order valence-corrected chi connectivity index (χ0v) is 7.14. The maximum absolute atomic E-state index is 11.1. The lowest BCUT2D eigenvalue weighted by atomic mass is 9.92. The van der Waals surface area contributed by atoms with E-state index in [1.165, 1.54) is 25.1 Å². The maximum atomic E-state index is 11.1. The molecule has 0 spiro atoms. The Hall–Kier alpha value is -0.840. The largest absolute Gasteiger partial charge is 0.570 e. The van der Waals surface area contributed by atoms with Crippen LogP contribution in [0.2, 0.25) is 0 Å². The summed E-state index contributed by atoms with van der Waals surface area (Å²) in [6, 6.07) is 0.345. The molecule has 0 radical (unpaired) electrons. The van der Waals surface area contributed by atoms with Crippen molar-refractivity contribution in [2.24, 2.45) is 5.11 Å². The van der Waals surface area contributed by atoms with Crippen LogP contribution in [-0.2, 0) is 4.84 Å². The number of fused-ring (bicyclic) bond motifs is 1. The first-order chi connectivity index (χ1) is 5.83. The Morgan fingerprint density at radius 3 is 3.00 bits per heavy atom. The van der Waals surface area contributed by atoms with Crippen LogP contribution < -0.4 is 0 Å². The van der Waals surface area contributed by atoms with Crippen molar-refractivity contribution in [2.45, 2.75) is 37.8 Å². The molecule has 12 heavy (non-hydrogen) atoms. The van der Waals surface area contributed by atoms with E-state index in [1.54, 1.807) is 0 Å². The lowest BCUT2D eigenvalue weighted by molar-refractivity contribution is -0.752. The molecule has 1 heterocycles. The van der Waals surface area contributed by atoms with Crippen molar-refractivity contribution in [1.29, 1.82) is 0 Å². The highest BCUT2D eigenvalue weighted by atomic mass is 16.8. The van der Waals surface area contributed by atoms with Crippen molar-refractivity contribution in [3.63, 3.8) is 0 Å². The van der Waals surface area contributed by atoms with Crippen LogP contribution in [0.5, 0.6) is 0 Å². The first-order valence-corrected chi connectivity index (χ1v) is 4.34. The number of rotatable bonds is 1. The molecule has 1 saturated carbocycles. The fourth-order valence-electron chi connectivity index (χ4n) is 1.99. The van der Waals surface area contributed by atoms with Gasteiger partial charge in [-0.25, -0.2) is 4.84 Å². The molecule has 0 N–H and O–H groups in total. The van der Waals surface area contributed by atoms with E-state index in [1.807, 2.05) is 0 Å². The molecule has 2 atom stereocenters. The molecule has 0 bridgehead atoms. The van der Waals surface area contributed by atoms with E-state index in [9.17, 15) is 5.21 Å². The van der Waals surface area contributed by atoms with Crippen molar-refractivity contribution < 1.29 is 9.81 Å². The molecule has 0 aromatic rings. The number of hydrogen-bond donors (Lipinski definition) is 0. The van der Waals surface area contributed by atoms with Gasteiger partial charge in [-0.05, 0) is 18.0 Å². The molecular formula is C7H13N3O2. The third kappa shape index (κ3) is 1.04. The molecule has 1 aliphatic carbocycles. The van der Waals surface area contributed by atoms with Gasteiger partial charge in [0.1, 0.15) is 12.1 Å². The lowest BCUT2D eigenvalue weighted by Crippen LogP contribution is -2.40. The molecule has 5 nitrogen and oxygen atoms in total. The molecule has 68 valence electrons.